The second-order valence-corrected chi connectivity index (χ2v) is 2.49. The van der Waals surface area contributed by atoms with Gasteiger partial charge in [0.2, 0.25) is 0 Å². The first-order valence-electron chi connectivity index (χ1n) is 3.53. The fraction of sp³-hybridized carbons (Fsp3) is 0. The molecule has 0 unspecified atom stereocenters. The van der Waals surface area contributed by atoms with Crippen molar-refractivity contribution in [3.05, 3.63) is 29.5 Å². The standard InChI is InChI=1S/C9H3N3O/c10-3-6-1-8-5-13-12-9(8)2-7(6)4-11/h1-2,5H. The lowest BCUT2D eigenvalue weighted by atomic mass is 10.1. The molecule has 4 nitrogen and oxygen atoms in total. The lowest BCUT2D eigenvalue weighted by Crippen LogP contribution is -1.82. The van der Waals surface area contributed by atoms with E-state index in [2.05, 4.69) is 5.16 Å². The summed E-state index contributed by atoms with van der Waals surface area (Å²) in [6.45, 7) is 0. The number of rotatable bonds is 0. The van der Waals surface area contributed by atoms with Crippen molar-refractivity contribution in [2.75, 3.05) is 0 Å². The Bertz CT molecular complexity index is 494. The first kappa shape index (κ1) is 7.33. The van der Waals surface area contributed by atoms with Crippen LogP contribution in [0.25, 0.3) is 10.9 Å². The lowest BCUT2D eigenvalue weighted by Gasteiger charge is -1.91. The van der Waals surface area contributed by atoms with Gasteiger partial charge in [0.1, 0.15) is 23.9 Å². The second-order valence-electron chi connectivity index (χ2n) is 2.49. The third-order valence-electron chi connectivity index (χ3n) is 1.74. The van der Waals surface area contributed by atoms with E-state index >= 15 is 0 Å². The number of aromatic nitrogens is 1. The summed E-state index contributed by atoms with van der Waals surface area (Å²) in [6.07, 6.45) is 1.44. The molecule has 2 aromatic rings. The number of hydrogen-bond acceptors (Lipinski definition) is 4. The van der Waals surface area contributed by atoms with Crippen molar-refractivity contribution in [3.8, 4) is 12.1 Å². The molecule has 0 fully saturated rings. The largest absolute Gasteiger partial charge is 0.364 e. The highest BCUT2D eigenvalue weighted by atomic mass is 16.5. The van der Waals surface area contributed by atoms with Gasteiger partial charge in [-0.25, -0.2) is 0 Å². The van der Waals surface area contributed by atoms with Crippen molar-refractivity contribution in [2.24, 2.45) is 0 Å². The molecule has 0 aliphatic carbocycles. The predicted molar refractivity (Wildman–Crippen MR) is 43.4 cm³/mol. The molecule has 0 bridgehead atoms. The zero-order valence-electron chi connectivity index (χ0n) is 6.48. The summed E-state index contributed by atoms with van der Waals surface area (Å²) >= 11 is 0. The Morgan fingerprint density at radius 1 is 1.15 bits per heavy atom. The Morgan fingerprint density at radius 2 is 1.85 bits per heavy atom. The van der Waals surface area contributed by atoms with Crippen molar-refractivity contribution in [2.45, 2.75) is 0 Å². The number of hydrogen-bond donors (Lipinski definition) is 0. The van der Waals surface area contributed by atoms with Crippen LogP contribution in [0.2, 0.25) is 0 Å². The molecule has 0 saturated heterocycles. The molecule has 13 heavy (non-hydrogen) atoms. The fourth-order valence-electron chi connectivity index (χ4n) is 1.10. The van der Waals surface area contributed by atoms with Crippen LogP contribution >= 0.6 is 0 Å². The summed E-state index contributed by atoms with van der Waals surface area (Å²) < 4.78 is 4.70. The number of nitrogens with zero attached hydrogens (tertiary/aromatic N) is 3. The summed E-state index contributed by atoms with van der Waals surface area (Å²) in [5, 5.41) is 21.8. The van der Waals surface area contributed by atoms with Crippen LogP contribution in [-0.2, 0) is 0 Å². The third kappa shape index (κ3) is 1.02. The van der Waals surface area contributed by atoms with Crippen LogP contribution in [0.4, 0.5) is 0 Å². The first-order valence-corrected chi connectivity index (χ1v) is 3.53. The zero-order chi connectivity index (χ0) is 9.26. The Hall–Kier alpha value is -2.33. The van der Waals surface area contributed by atoms with Crippen LogP contribution < -0.4 is 0 Å². The topological polar surface area (TPSA) is 73.6 Å². The molecule has 0 atom stereocenters. The summed E-state index contributed by atoms with van der Waals surface area (Å²) in [5.74, 6) is 0. The monoisotopic (exact) mass is 169 g/mol. The highest BCUT2D eigenvalue weighted by Gasteiger charge is 2.05. The minimum absolute atomic E-state index is 0.323. The van der Waals surface area contributed by atoms with Gasteiger partial charge in [0, 0.05) is 5.39 Å². The minimum atomic E-state index is 0.323. The van der Waals surface area contributed by atoms with E-state index in [9.17, 15) is 0 Å². The van der Waals surface area contributed by atoms with Crippen LogP contribution in [-0.4, -0.2) is 5.16 Å². The Labute approximate surface area is 73.6 Å². The van der Waals surface area contributed by atoms with Crippen molar-refractivity contribution in [3.63, 3.8) is 0 Å². The molecule has 0 aliphatic rings. The SMILES string of the molecule is N#Cc1cc2conc2cc1C#N. The van der Waals surface area contributed by atoms with Crippen LogP contribution in [0.5, 0.6) is 0 Å². The average molecular weight is 169 g/mol. The first-order chi connectivity index (χ1) is 6.35. The van der Waals surface area contributed by atoms with E-state index in [1.54, 1.807) is 6.07 Å². The third-order valence-corrected chi connectivity index (χ3v) is 1.74. The van der Waals surface area contributed by atoms with Crippen LogP contribution in [0.3, 0.4) is 0 Å². The summed E-state index contributed by atoms with van der Waals surface area (Å²) in [4.78, 5) is 0. The maximum absolute atomic E-state index is 8.69. The zero-order valence-corrected chi connectivity index (χ0v) is 6.48. The van der Waals surface area contributed by atoms with E-state index in [0.717, 1.165) is 5.39 Å². The summed E-state index contributed by atoms with van der Waals surface area (Å²) in [5.41, 5.74) is 1.26. The maximum atomic E-state index is 8.69. The molecule has 1 aromatic heterocycles. The number of nitriles is 2. The highest BCUT2D eigenvalue weighted by molar-refractivity contribution is 5.81. The second kappa shape index (κ2) is 2.62. The van der Waals surface area contributed by atoms with E-state index in [-0.39, 0.29) is 0 Å². The summed E-state index contributed by atoms with van der Waals surface area (Å²) in [6, 6.07) is 6.99. The molecule has 1 aromatic carbocycles. The van der Waals surface area contributed by atoms with Crippen LogP contribution in [0.15, 0.2) is 22.9 Å². The molecule has 1 heterocycles. The van der Waals surface area contributed by atoms with E-state index in [0.29, 0.717) is 16.6 Å². The van der Waals surface area contributed by atoms with Gasteiger partial charge in [-0.3, -0.25) is 0 Å². The number of benzene rings is 1. The molecule has 0 amide bonds. The molecule has 0 N–H and O–H groups in total. The molecule has 60 valence electrons. The van der Waals surface area contributed by atoms with Crippen molar-refractivity contribution in [1.82, 2.24) is 5.16 Å². The van der Waals surface area contributed by atoms with Gasteiger partial charge in [0.05, 0.1) is 11.1 Å². The molecule has 0 saturated carbocycles. The van der Waals surface area contributed by atoms with Crippen LogP contribution in [0.1, 0.15) is 11.1 Å². The van der Waals surface area contributed by atoms with Gasteiger partial charge >= 0.3 is 0 Å². The molecular weight excluding hydrogens is 166 g/mol. The molecule has 0 radical (unpaired) electrons. The van der Waals surface area contributed by atoms with Gasteiger partial charge in [-0.1, -0.05) is 5.16 Å². The van der Waals surface area contributed by atoms with Crippen LogP contribution in [0, 0.1) is 22.7 Å². The fourth-order valence-corrected chi connectivity index (χ4v) is 1.10. The van der Waals surface area contributed by atoms with Gasteiger partial charge < -0.3 is 4.52 Å². The number of fused-ring (bicyclic) bond motifs is 1. The van der Waals surface area contributed by atoms with Gasteiger partial charge in [0.25, 0.3) is 0 Å². The van der Waals surface area contributed by atoms with Gasteiger partial charge in [-0.15, -0.1) is 0 Å². The Kier molecular flexibility index (Phi) is 1.47. The Morgan fingerprint density at radius 3 is 2.54 bits per heavy atom. The van der Waals surface area contributed by atoms with Crippen molar-refractivity contribution in [1.29, 1.82) is 10.5 Å². The lowest BCUT2D eigenvalue weighted by molar-refractivity contribution is 0.428. The molecule has 4 heteroatoms. The average Bonchev–Trinajstić information content (AvgIpc) is 2.62. The smallest absolute Gasteiger partial charge is 0.131 e. The van der Waals surface area contributed by atoms with Gasteiger partial charge in [-0.2, -0.15) is 10.5 Å². The van der Waals surface area contributed by atoms with Crippen molar-refractivity contribution < 1.29 is 4.52 Å². The predicted octanol–water partition coefficient (Wildman–Crippen LogP) is 1.57. The summed E-state index contributed by atoms with van der Waals surface area (Å²) in [7, 11) is 0. The van der Waals surface area contributed by atoms with E-state index < -0.39 is 0 Å². The quantitative estimate of drug-likeness (QED) is 0.599. The molecule has 0 aliphatic heterocycles. The molecule has 0 spiro atoms. The molecule has 2 rings (SSSR count). The Balaban J connectivity index is 2.85. The van der Waals surface area contributed by atoms with E-state index in [4.69, 9.17) is 15.0 Å². The van der Waals surface area contributed by atoms with E-state index in [1.807, 2.05) is 12.1 Å². The van der Waals surface area contributed by atoms with E-state index in [1.165, 1.54) is 12.3 Å². The van der Waals surface area contributed by atoms with Gasteiger partial charge in [-0.05, 0) is 12.1 Å². The highest BCUT2D eigenvalue weighted by Crippen LogP contribution is 2.17. The molecular formula is C9H3N3O. The minimum Gasteiger partial charge on any atom is -0.364 e. The normalized spacial score (nSPS) is 9.38. The van der Waals surface area contributed by atoms with Gasteiger partial charge in [0.15, 0.2) is 0 Å². The van der Waals surface area contributed by atoms with Crippen molar-refractivity contribution >= 4 is 10.9 Å². The maximum Gasteiger partial charge on any atom is 0.131 e.